The van der Waals surface area contributed by atoms with Gasteiger partial charge in [-0.05, 0) is 55.5 Å². The summed E-state index contributed by atoms with van der Waals surface area (Å²) in [5.74, 6) is -0.377. The first-order chi connectivity index (χ1) is 17.1. The number of halogens is 1. The number of thiazole rings is 1. The van der Waals surface area contributed by atoms with Crippen molar-refractivity contribution in [3.8, 4) is 10.4 Å². The average Bonchev–Trinajstić information content (AvgIpc) is 3.28. The third-order valence-electron chi connectivity index (χ3n) is 6.61. The number of likely N-dealkylation sites (tertiary alicyclic amines) is 1. The summed E-state index contributed by atoms with van der Waals surface area (Å²) >= 11 is 1.53. The van der Waals surface area contributed by atoms with Crippen molar-refractivity contribution >= 4 is 34.1 Å². The van der Waals surface area contributed by atoms with Crippen molar-refractivity contribution in [2.24, 2.45) is 0 Å². The van der Waals surface area contributed by atoms with E-state index in [1.165, 1.54) is 23.5 Å². The summed E-state index contributed by atoms with van der Waals surface area (Å²) in [4.78, 5) is 33.8. The van der Waals surface area contributed by atoms with E-state index >= 15 is 0 Å². The van der Waals surface area contributed by atoms with Gasteiger partial charge >= 0.3 is 0 Å². The Morgan fingerprint density at radius 2 is 1.89 bits per heavy atom. The molecule has 2 fully saturated rings. The van der Waals surface area contributed by atoms with Gasteiger partial charge < -0.3 is 14.7 Å². The highest BCUT2D eigenvalue weighted by Gasteiger charge is 2.35. The number of fused-ring (bicyclic) bond motifs is 1. The number of hydrogen-bond acceptors (Lipinski definition) is 6. The molecule has 2 amide bonds. The minimum absolute atomic E-state index is 0.142. The molecular weight excluding hydrogens is 467 g/mol. The van der Waals surface area contributed by atoms with Gasteiger partial charge in [0.05, 0.1) is 15.3 Å². The van der Waals surface area contributed by atoms with Gasteiger partial charge in [0, 0.05) is 25.0 Å². The standard InChI is InChI=1S/C26H23FN4O3S/c27-17-11-9-15(10-12-17)23-22(29-25(35-23)16-7-8-16)26(33)31-13-3-4-18(31)14-28-24(32)21-19-5-1-2-6-20(19)34-30-21/h1-2,5-6,9-12,16,18H,3-4,7-8,13-14H2,(H,28,32)/t18-/m0/s1. The summed E-state index contributed by atoms with van der Waals surface area (Å²) in [6.07, 6.45) is 3.81. The van der Waals surface area contributed by atoms with Crippen molar-refractivity contribution < 1.29 is 18.5 Å². The molecule has 1 saturated carbocycles. The predicted octanol–water partition coefficient (Wildman–Crippen LogP) is 5.00. The van der Waals surface area contributed by atoms with Gasteiger partial charge in [-0.2, -0.15) is 0 Å². The van der Waals surface area contributed by atoms with Gasteiger partial charge in [0.1, 0.15) is 11.5 Å². The lowest BCUT2D eigenvalue weighted by Gasteiger charge is -2.24. The Bertz CT molecular complexity index is 1410. The second-order valence-electron chi connectivity index (χ2n) is 9.04. The molecule has 4 aromatic rings. The largest absolute Gasteiger partial charge is 0.355 e. The Morgan fingerprint density at radius 1 is 1.09 bits per heavy atom. The van der Waals surface area contributed by atoms with E-state index in [1.807, 2.05) is 12.1 Å². The quantitative estimate of drug-likeness (QED) is 0.411. The molecule has 1 saturated heterocycles. The predicted molar refractivity (Wildman–Crippen MR) is 130 cm³/mol. The zero-order valence-corrected chi connectivity index (χ0v) is 19.7. The van der Waals surface area contributed by atoms with Crippen molar-refractivity contribution in [1.82, 2.24) is 20.4 Å². The van der Waals surface area contributed by atoms with Crippen LogP contribution in [0.4, 0.5) is 4.39 Å². The minimum Gasteiger partial charge on any atom is -0.355 e. The number of hydrogen-bond donors (Lipinski definition) is 1. The van der Waals surface area contributed by atoms with Crippen LogP contribution in [0.5, 0.6) is 0 Å². The number of carbonyl (C=O) groups excluding carboxylic acids is 2. The molecule has 0 spiro atoms. The Kier molecular flexibility index (Phi) is 5.56. The van der Waals surface area contributed by atoms with E-state index in [9.17, 15) is 14.0 Å². The van der Waals surface area contributed by atoms with E-state index in [1.54, 1.807) is 29.2 Å². The molecule has 0 unspecified atom stereocenters. The maximum absolute atomic E-state index is 13.7. The lowest BCUT2D eigenvalue weighted by atomic mass is 10.1. The Balaban J connectivity index is 1.21. The van der Waals surface area contributed by atoms with Gasteiger partial charge in [-0.15, -0.1) is 11.3 Å². The van der Waals surface area contributed by atoms with Crippen LogP contribution < -0.4 is 5.32 Å². The normalized spacial score (nSPS) is 17.7. The summed E-state index contributed by atoms with van der Waals surface area (Å²) in [5, 5.41) is 8.47. The molecule has 2 aliphatic rings. The van der Waals surface area contributed by atoms with Crippen LogP contribution in [-0.2, 0) is 0 Å². The van der Waals surface area contributed by atoms with Crippen molar-refractivity contribution in [2.75, 3.05) is 13.1 Å². The minimum atomic E-state index is -0.328. The number of benzene rings is 2. The van der Waals surface area contributed by atoms with Crippen LogP contribution >= 0.6 is 11.3 Å². The van der Waals surface area contributed by atoms with Gasteiger partial charge in [0.25, 0.3) is 11.8 Å². The summed E-state index contributed by atoms with van der Waals surface area (Å²) in [5.41, 5.74) is 2.01. The number of nitrogens with zero attached hydrogens (tertiary/aromatic N) is 3. The van der Waals surface area contributed by atoms with Crippen molar-refractivity contribution in [3.05, 3.63) is 70.7 Å². The van der Waals surface area contributed by atoms with Crippen LogP contribution in [0.25, 0.3) is 21.4 Å². The van der Waals surface area contributed by atoms with Crippen LogP contribution in [0.3, 0.4) is 0 Å². The second kappa shape index (κ2) is 8.88. The first-order valence-corrected chi connectivity index (χ1v) is 12.6. The van der Waals surface area contributed by atoms with E-state index < -0.39 is 0 Å². The fraction of sp³-hybridized carbons (Fsp3) is 0.308. The van der Waals surface area contributed by atoms with Gasteiger partial charge in [-0.1, -0.05) is 29.4 Å². The molecule has 35 heavy (non-hydrogen) atoms. The average molecular weight is 491 g/mol. The summed E-state index contributed by atoms with van der Waals surface area (Å²) in [7, 11) is 0. The first-order valence-electron chi connectivity index (χ1n) is 11.8. The number of carbonyl (C=O) groups is 2. The number of para-hydroxylation sites is 1. The van der Waals surface area contributed by atoms with E-state index in [4.69, 9.17) is 9.51 Å². The third-order valence-corrected chi connectivity index (χ3v) is 7.87. The number of rotatable bonds is 6. The van der Waals surface area contributed by atoms with Crippen LogP contribution in [0.15, 0.2) is 53.1 Å². The topological polar surface area (TPSA) is 88.3 Å². The number of nitrogens with one attached hydrogen (secondary N) is 1. The third kappa shape index (κ3) is 4.20. The zero-order chi connectivity index (χ0) is 23.9. The maximum Gasteiger partial charge on any atom is 0.274 e. The second-order valence-corrected chi connectivity index (χ2v) is 10.1. The molecule has 0 bridgehead atoms. The molecule has 1 aliphatic heterocycles. The zero-order valence-electron chi connectivity index (χ0n) is 18.9. The van der Waals surface area contributed by atoms with Crippen LogP contribution in [0.1, 0.15) is 57.6 Å². The van der Waals surface area contributed by atoms with E-state index in [-0.39, 0.29) is 29.4 Å². The number of amides is 2. The highest BCUT2D eigenvalue weighted by Crippen LogP contribution is 2.45. The molecule has 2 aromatic carbocycles. The highest BCUT2D eigenvalue weighted by atomic mass is 32.1. The van der Waals surface area contributed by atoms with Crippen molar-refractivity contribution in [2.45, 2.75) is 37.6 Å². The van der Waals surface area contributed by atoms with E-state index in [2.05, 4.69) is 10.5 Å². The summed E-state index contributed by atoms with van der Waals surface area (Å²) in [6.45, 7) is 0.919. The molecule has 9 heteroatoms. The maximum atomic E-state index is 13.7. The van der Waals surface area contributed by atoms with Crippen LogP contribution in [0.2, 0.25) is 0 Å². The smallest absolute Gasteiger partial charge is 0.274 e. The van der Waals surface area contributed by atoms with E-state index in [0.717, 1.165) is 41.1 Å². The monoisotopic (exact) mass is 490 g/mol. The molecule has 178 valence electrons. The molecule has 0 radical (unpaired) electrons. The van der Waals surface area contributed by atoms with Crippen molar-refractivity contribution in [1.29, 1.82) is 0 Å². The molecule has 1 atom stereocenters. The van der Waals surface area contributed by atoms with Crippen molar-refractivity contribution in [3.63, 3.8) is 0 Å². The first kappa shape index (κ1) is 21.9. The molecule has 6 rings (SSSR count). The fourth-order valence-corrected chi connectivity index (χ4v) is 5.81. The molecule has 7 nitrogen and oxygen atoms in total. The lowest BCUT2D eigenvalue weighted by Crippen LogP contribution is -2.43. The van der Waals surface area contributed by atoms with Gasteiger partial charge in [-0.3, -0.25) is 9.59 Å². The lowest BCUT2D eigenvalue weighted by molar-refractivity contribution is 0.0720. The summed E-state index contributed by atoms with van der Waals surface area (Å²) < 4.78 is 18.8. The highest BCUT2D eigenvalue weighted by molar-refractivity contribution is 7.15. The fourth-order valence-electron chi connectivity index (χ4n) is 4.58. The van der Waals surface area contributed by atoms with Gasteiger partial charge in [-0.25, -0.2) is 9.37 Å². The van der Waals surface area contributed by atoms with Crippen LogP contribution in [-0.4, -0.2) is 46.0 Å². The Morgan fingerprint density at radius 3 is 2.69 bits per heavy atom. The van der Waals surface area contributed by atoms with Gasteiger partial charge in [0.15, 0.2) is 11.3 Å². The Hall–Kier alpha value is -3.59. The molecule has 1 N–H and O–H groups in total. The van der Waals surface area contributed by atoms with E-state index in [0.29, 0.717) is 35.7 Å². The molecule has 1 aliphatic carbocycles. The van der Waals surface area contributed by atoms with Crippen LogP contribution in [0, 0.1) is 5.82 Å². The van der Waals surface area contributed by atoms with Gasteiger partial charge in [0.2, 0.25) is 0 Å². The number of aromatic nitrogens is 2. The molecule has 2 aromatic heterocycles. The summed E-state index contributed by atoms with van der Waals surface area (Å²) in [6, 6.07) is 13.3. The molecular formula is C26H23FN4O3S. The SMILES string of the molecule is O=C(NC[C@@H]1CCCN1C(=O)c1nc(C2CC2)sc1-c1ccc(F)cc1)c1noc2ccccc12. The molecule has 3 heterocycles. The Labute approximate surface area is 204 Å².